The number of para-hydroxylation sites is 1. The first-order valence-corrected chi connectivity index (χ1v) is 8.53. The molecule has 0 radical (unpaired) electrons. The van der Waals surface area contributed by atoms with Gasteiger partial charge in [0.05, 0.1) is 1.37 Å². The number of hydrogen-bond donors (Lipinski definition) is 1. The van der Waals surface area contributed by atoms with E-state index in [1.807, 2.05) is 18.2 Å². The Balaban J connectivity index is 1.77. The van der Waals surface area contributed by atoms with Gasteiger partial charge in [-0.25, -0.2) is 0 Å². The van der Waals surface area contributed by atoms with Gasteiger partial charge in [0.1, 0.15) is 0 Å². The number of hydrogen-bond acceptors (Lipinski definition) is 2. The summed E-state index contributed by atoms with van der Waals surface area (Å²) < 4.78 is 8.05. The Morgan fingerprint density at radius 2 is 1.50 bits per heavy atom. The molecule has 1 heterocycles. The Labute approximate surface area is 145 Å². The summed E-state index contributed by atoms with van der Waals surface area (Å²) in [5.41, 5.74) is 6.02. The van der Waals surface area contributed by atoms with Gasteiger partial charge in [0.25, 0.3) is 0 Å². The molecule has 2 heteroatoms. The molecular formula is C22H22N2. The van der Waals surface area contributed by atoms with Gasteiger partial charge in [-0.2, -0.15) is 0 Å². The van der Waals surface area contributed by atoms with Gasteiger partial charge in [0, 0.05) is 37.4 Å². The van der Waals surface area contributed by atoms with Crippen molar-refractivity contribution in [3.8, 4) is 22.3 Å². The highest BCUT2D eigenvalue weighted by Gasteiger charge is 2.14. The van der Waals surface area contributed by atoms with Crippen LogP contribution in [0.1, 0.15) is 1.37 Å². The molecule has 2 nitrogen and oxygen atoms in total. The van der Waals surface area contributed by atoms with Crippen molar-refractivity contribution in [3.63, 3.8) is 0 Å². The lowest BCUT2D eigenvalue weighted by atomic mass is 9.97. The third-order valence-electron chi connectivity index (χ3n) is 4.58. The molecular weight excluding hydrogens is 292 g/mol. The summed E-state index contributed by atoms with van der Waals surface area (Å²) in [6.45, 7) is 3.95. The molecule has 1 aliphatic rings. The van der Waals surface area contributed by atoms with Gasteiger partial charge in [-0.15, -0.1) is 0 Å². The van der Waals surface area contributed by atoms with Crippen LogP contribution >= 0.6 is 0 Å². The second-order valence-electron chi connectivity index (χ2n) is 6.13. The minimum Gasteiger partial charge on any atom is -0.368 e. The van der Waals surface area contributed by atoms with Crippen molar-refractivity contribution in [2.75, 3.05) is 31.1 Å². The van der Waals surface area contributed by atoms with Crippen molar-refractivity contribution in [1.82, 2.24) is 5.32 Å². The fourth-order valence-electron chi connectivity index (χ4n) is 3.33. The number of piperazine rings is 1. The van der Waals surface area contributed by atoms with Crippen LogP contribution in [0.5, 0.6) is 0 Å². The molecule has 1 N–H and O–H groups in total. The minimum atomic E-state index is 0.566. The van der Waals surface area contributed by atoms with Crippen molar-refractivity contribution < 1.29 is 1.37 Å². The molecule has 0 saturated carbocycles. The van der Waals surface area contributed by atoms with Crippen LogP contribution in [-0.2, 0) is 0 Å². The second kappa shape index (κ2) is 6.90. The minimum absolute atomic E-state index is 0.566. The average Bonchev–Trinajstić information content (AvgIpc) is 2.69. The van der Waals surface area contributed by atoms with E-state index in [9.17, 15) is 0 Å². The van der Waals surface area contributed by atoms with E-state index >= 15 is 0 Å². The maximum absolute atomic E-state index is 8.05. The smallest absolute Gasteiger partial charge is 0.0623 e. The van der Waals surface area contributed by atoms with Crippen LogP contribution in [0.15, 0.2) is 78.8 Å². The maximum atomic E-state index is 8.05. The first kappa shape index (κ1) is 13.8. The molecule has 3 aromatic rings. The Morgan fingerprint density at radius 3 is 2.33 bits per heavy atom. The fourth-order valence-corrected chi connectivity index (χ4v) is 3.33. The summed E-state index contributed by atoms with van der Waals surface area (Å²) in [5, 5.41) is 3.40. The van der Waals surface area contributed by atoms with Crippen LogP contribution in [0.25, 0.3) is 22.3 Å². The topological polar surface area (TPSA) is 15.3 Å². The van der Waals surface area contributed by atoms with Crippen molar-refractivity contribution in [3.05, 3.63) is 78.8 Å². The summed E-state index contributed by atoms with van der Waals surface area (Å²) in [6.07, 6.45) is 0. The third kappa shape index (κ3) is 3.06. The van der Waals surface area contributed by atoms with Gasteiger partial charge in [-0.05, 0) is 28.8 Å². The van der Waals surface area contributed by atoms with Gasteiger partial charge in [-0.3, -0.25) is 0 Å². The van der Waals surface area contributed by atoms with Gasteiger partial charge in [0.15, 0.2) is 0 Å². The highest BCUT2D eigenvalue weighted by atomic mass is 15.2. The first-order valence-electron chi connectivity index (χ1n) is 9.03. The predicted molar refractivity (Wildman–Crippen MR) is 102 cm³/mol. The van der Waals surface area contributed by atoms with E-state index < -0.39 is 0 Å². The average molecular weight is 315 g/mol. The molecule has 0 aliphatic carbocycles. The zero-order valence-corrected chi connectivity index (χ0v) is 13.7. The van der Waals surface area contributed by atoms with Crippen LogP contribution in [0, 0.1) is 0 Å². The summed E-state index contributed by atoms with van der Waals surface area (Å²) >= 11 is 0. The van der Waals surface area contributed by atoms with E-state index in [-0.39, 0.29) is 0 Å². The predicted octanol–water partition coefficient (Wildman–Crippen LogP) is 4.43. The number of nitrogens with zero attached hydrogens (tertiary/aromatic N) is 1. The Hall–Kier alpha value is -2.58. The largest absolute Gasteiger partial charge is 0.368 e. The molecule has 1 fully saturated rings. The standard InChI is InChI=1S/C22H22N2/c1-2-7-18(8-3-1)19-9-6-10-20(17-19)21-11-4-5-12-22(21)24-15-13-23-14-16-24/h1-12,17,23H,13-16H2/i5D. The zero-order valence-electron chi connectivity index (χ0n) is 14.7. The molecule has 120 valence electrons. The number of rotatable bonds is 3. The van der Waals surface area contributed by atoms with Gasteiger partial charge in [-0.1, -0.05) is 66.7 Å². The van der Waals surface area contributed by atoms with E-state index in [2.05, 4.69) is 64.8 Å². The molecule has 1 aliphatic heterocycles. The maximum Gasteiger partial charge on any atom is 0.0623 e. The lowest BCUT2D eigenvalue weighted by molar-refractivity contribution is 0.589. The molecule has 1 saturated heterocycles. The quantitative estimate of drug-likeness (QED) is 0.769. The van der Waals surface area contributed by atoms with Crippen molar-refractivity contribution in [2.24, 2.45) is 0 Å². The van der Waals surface area contributed by atoms with Gasteiger partial charge >= 0.3 is 0 Å². The van der Waals surface area contributed by atoms with Crippen molar-refractivity contribution in [1.29, 1.82) is 0 Å². The lowest BCUT2D eigenvalue weighted by Gasteiger charge is -2.31. The summed E-state index contributed by atoms with van der Waals surface area (Å²) in [6, 6.07) is 25.7. The zero-order chi connectivity index (χ0) is 17.1. The molecule has 0 unspecified atom stereocenters. The fraction of sp³-hybridized carbons (Fsp3) is 0.182. The number of benzene rings is 3. The van der Waals surface area contributed by atoms with E-state index in [4.69, 9.17) is 1.37 Å². The van der Waals surface area contributed by atoms with Gasteiger partial charge < -0.3 is 10.2 Å². The molecule has 0 atom stereocenters. The van der Waals surface area contributed by atoms with E-state index in [0.29, 0.717) is 6.04 Å². The molecule has 0 amide bonds. The second-order valence-corrected chi connectivity index (χ2v) is 6.13. The summed E-state index contributed by atoms with van der Waals surface area (Å²) in [4.78, 5) is 2.39. The van der Waals surface area contributed by atoms with Crippen LogP contribution < -0.4 is 10.2 Å². The molecule has 0 aromatic heterocycles. The number of nitrogens with one attached hydrogen (secondary N) is 1. The van der Waals surface area contributed by atoms with Crippen LogP contribution in [-0.4, -0.2) is 26.2 Å². The Bertz CT molecular complexity index is 855. The normalized spacial score (nSPS) is 15.2. The Kier molecular flexibility index (Phi) is 3.97. The molecule has 3 aromatic carbocycles. The SMILES string of the molecule is [2H]c1ccc(-c2cccc(-c3ccccc3)c2)c(N2CCNCC2)c1. The first-order chi connectivity index (χ1) is 12.3. The molecule has 0 bridgehead atoms. The monoisotopic (exact) mass is 315 g/mol. The van der Waals surface area contributed by atoms with Crippen LogP contribution in [0.4, 0.5) is 5.69 Å². The number of anilines is 1. The van der Waals surface area contributed by atoms with Crippen LogP contribution in [0.3, 0.4) is 0 Å². The van der Waals surface area contributed by atoms with E-state index in [0.717, 1.165) is 26.2 Å². The molecule has 0 spiro atoms. The van der Waals surface area contributed by atoms with E-state index in [1.165, 1.54) is 27.9 Å². The third-order valence-corrected chi connectivity index (χ3v) is 4.58. The van der Waals surface area contributed by atoms with Crippen LogP contribution in [0.2, 0.25) is 0 Å². The summed E-state index contributed by atoms with van der Waals surface area (Å²) in [5.74, 6) is 0. The summed E-state index contributed by atoms with van der Waals surface area (Å²) in [7, 11) is 0. The van der Waals surface area contributed by atoms with Gasteiger partial charge in [0.2, 0.25) is 0 Å². The Morgan fingerprint density at radius 1 is 0.750 bits per heavy atom. The highest BCUT2D eigenvalue weighted by Crippen LogP contribution is 2.33. The van der Waals surface area contributed by atoms with Crippen molar-refractivity contribution >= 4 is 5.69 Å². The van der Waals surface area contributed by atoms with E-state index in [1.54, 1.807) is 0 Å². The highest BCUT2D eigenvalue weighted by molar-refractivity contribution is 5.81. The van der Waals surface area contributed by atoms with Crippen molar-refractivity contribution in [2.45, 2.75) is 0 Å². The molecule has 4 rings (SSSR count). The lowest BCUT2D eigenvalue weighted by Crippen LogP contribution is -2.43. The molecule has 24 heavy (non-hydrogen) atoms.